The number of aliphatic carboxylic acids is 1. The summed E-state index contributed by atoms with van der Waals surface area (Å²) in [7, 11) is 0. The van der Waals surface area contributed by atoms with Crippen molar-refractivity contribution in [1.82, 2.24) is 68.3 Å². The molecule has 0 unspecified atom stereocenters. The Kier molecular flexibility index (Phi) is 39.9. The number of nitrogens with zero attached hydrogens (tertiary/aromatic N) is 4. The number of aliphatic imine (C=N–C) groups is 2. The zero-order valence-corrected chi connectivity index (χ0v) is 68.4. The van der Waals surface area contributed by atoms with Gasteiger partial charge < -0.3 is 124 Å². The Morgan fingerprint density at radius 3 is 1.33 bits per heavy atom. The number of nitrogens with two attached hydrogens (primary N) is 7. The second-order valence-corrected chi connectivity index (χ2v) is 31.2. The SMILES string of the molecule is CC[C@H](C)[C@H](NC(=O)[C@H](Cc1ccc(O)cc1)NC(=O)[C@@H]1CCCN1C(=O)[C@H](CCCN=C(N)N)NC(=O)[C@H](CCCN=C(N)N)NC(=O)[C@@H]1CCCN1C(=O)[C@H](CCCCN)NC(=O)[C@H](CC(N)=O)NC(=O)[C@H](CCC(N)=O)NC(=O)[C@H](Cc1ccc(O)cc1)NC(=O)[C@H](CC(C)C)NC(=O)[C@@H]1CCC(=O)N1)C(=O)N[C@@H](CC(C)C)C(=O)O. The molecule has 14 atom stereocenters. The molecule has 119 heavy (non-hydrogen) atoms. The summed E-state index contributed by atoms with van der Waals surface area (Å²) in [6, 6.07) is -7.11. The Balaban J connectivity index is 1.41. The van der Waals surface area contributed by atoms with Gasteiger partial charge in [-0.15, -0.1) is 0 Å². The van der Waals surface area contributed by atoms with Gasteiger partial charge in [0.25, 0.3) is 0 Å². The molecule has 5 rings (SSSR count). The molecule has 0 saturated carbocycles. The van der Waals surface area contributed by atoms with E-state index in [-0.39, 0.29) is 177 Å². The first kappa shape index (κ1) is 97.6. The van der Waals surface area contributed by atoms with Gasteiger partial charge in [-0.25, -0.2) is 4.79 Å². The van der Waals surface area contributed by atoms with Gasteiger partial charge in [-0.1, -0.05) is 72.2 Å². The van der Waals surface area contributed by atoms with Crippen LogP contribution < -0.4 is 98.6 Å². The standard InChI is InChI=1S/C78H122N22O19/c1-7-43(6)63(73(115)97-57(76(118)119)37-42(4)5)98-70(112)55(39-45-21-25-47(102)26-22-45)96-72(114)59-18-13-35-100(59)75(117)52(16-11-33-87-78(84)85)91-64(106)48(15-10-32-86-77(82)83)90-71(113)58-17-12-34-99(58)74(116)51(14-8-9-31-79)92-69(111)56(40-61(81)104)95-66(108)50(27-29-60(80)103)89-68(110)54(38-44-19-23-46(101)24-20-44)94-67(109)53(36-41(2)3)93-65(107)49-28-30-62(105)88-49/h19-26,41-43,48-59,63,101-102H,7-18,27-40,79H2,1-6H3,(H2,80,103)(H2,81,104)(H,88,105)(H,89,110)(H,90,113)(H,91,106)(H,92,111)(H,93,107)(H,94,109)(H,95,108)(H,96,114)(H,97,115)(H,98,112)(H,118,119)(H4,82,83,86)(H4,84,85,87)/t43-,48-,49-,50-,51-,52-,53-,54-,55-,56-,57-,58-,59-,63-/m0/s1. The number of rotatable bonds is 50. The maximum Gasteiger partial charge on any atom is 0.326 e. The highest BCUT2D eigenvalue weighted by Crippen LogP contribution is 2.25. The molecule has 2 aromatic carbocycles. The zero-order valence-electron chi connectivity index (χ0n) is 68.4. The number of phenolic OH excluding ortho intramolecular Hbond substituents is 2. The van der Waals surface area contributed by atoms with E-state index in [1.54, 1.807) is 41.5 Å². The van der Waals surface area contributed by atoms with E-state index in [9.17, 15) is 82.4 Å². The third kappa shape index (κ3) is 32.8. The van der Waals surface area contributed by atoms with Gasteiger partial charge in [0.05, 0.1) is 6.42 Å². The lowest BCUT2D eigenvalue weighted by Crippen LogP contribution is -2.61. The summed E-state index contributed by atoms with van der Waals surface area (Å²) in [5.74, 6) is -16.0. The Labute approximate surface area is 690 Å². The van der Waals surface area contributed by atoms with Crippen LogP contribution in [0.5, 0.6) is 11.5 Å². The van der Waals surface area contributed by atoms with Crippen molar-refractivity contribution in [1.29, 1.82) is 0 Å². The second kappa shape index (κ2) is 48.7. The monoisotopic (exact) mass is 1670 g/mol. The number of amides is 15. The fourth-order valence-electron chi connectivity index (χ4n) is 14.0. The summed E-state index contributed by atoms with van der Waals surface area (Å²) in [6.07, 6.45) is -0.943. The quantitative estimate of drug-likeness (QED) is 0.0169. The molecule has 2 aromatic rings. The lowest BCUT2D eigenvalue weighted by molar-refractivity contribution is -0.144. The number of hydrogen-bond acceptors (Lipinski definition) is 21. The molecule has 3 aliphatic rings. The maximum atomic E-state index is 15.1. The molecular weight excluding hydrogens is 1550 g/mol. The molecule has 0 radical (unpaired) electrons. The van der Waals surface area contributed by atoms with E-state index >= 15 is 9.59 Å². The lowest BCUT2D eigenvalue weighted by atomic mass is 9.96. The average molecular weight is 1670 g/mol. The number of unbranched alkanes of at least 4 members (excludes halogenated alkanes) is 1. The van der Waals surface area contributed by atoms with Crippen molar-refractivity contribution in [3.63, 3.8) is 0 Å². The molecule has 0 spiro atoms. The van der Waals surface area contributed by atoms with Gasteiger partial charge in [0.2, 0.25) is 88.6 Å². The molecular formula is C78H122N22O19. The van der Waals surface area contributed by atoms with Crippen LogP contribution in [0.2, 0.25) is 0 Å². The van der Waals surface area contributed by atoms with Crippen LogP contribution in [0.1, 0.15) is 175 Å². The number of guanidine groups is 2. The van der Waals surface area contributed by atoms with E-state index < -0.39 is 192 Å². The Bertz CT molecular complexity index is 3910. The number of carboxylic acids is 1. The van der Waals surface area contributed by atoms with E-state index in [1.165, 1.54) is 58.3 Å². The minimum atomic E-state index is -1.90. The maximum absolute atomic E-state index is 15.1. The predicted octanol–water partition coefficient (Wildman–Crippen LogP) is -4.41. The lowest BCUT2D eigenvalue weighted by Gasteiger charge is -2.32. The van der Waals surface area contributed by atoms with Crippen molar-refractivity contribution < 1.29 is 92.0 Å². The van der Waals surface area contributed by atoms with E-state index in [0.717, 1.165) is 0 Å². The zero-order chi connectivity index (χ0) is 88.3. The number of phenols is 2. The van der Waals surface area contributed by atoms with Crippen LogP contribution in [0.3, 0.4) is 0 Å². The molecule has 3 fully saturated rings. The summed E-state index contributed by atoms with van der Waals surface area (Å²) in [6.45, 7) is 10.5. The van der Waals surface area contributed by atoms with Crippen molar-refractivity contribution in [3.8, 4) is 11.5 Å². The molecule has 0 aromatic heterocycles. The van der Waals surface area contributed by atoms with Crippen LogP contribution in [-0.2, 0) is 89.6 Å². The number of likely N-dealkylation sites (tertiary alicyclic amines) is 2. The van der Waals surface area contributed by atoms with Crippen LogP contribution in [0, 0.1) is 17.8 Å². The molecule has 28 N–H and O–H groups in total. The Hall–Kier alpha value is -11.9. The van der Waals surface area contributed by atoms with Gasteiger partial charge in [-0.3, -0.25) is 81.9 Å². The van der Waals surface area contributed by atoms with Crippen LogP contribution in [0.15, 0.2) is 58.5 Å². The van der Waals surface area contributed by atoms with Crippen LogP contribution in [-0.4, -0.2) is 243 Å². The third-order valence-corrected chi connectivity index (χ3v) is 20.5. The minimum absolute atomic E-state index is 0.0131. The molecule has 0 bridgehead atoms. The van der Waals surface area contributed by atoms with E-state index in [4.69, 9.17) is 40.1 Å². The van der Waals surface area contributed by atoms with Crippen molar-refractivity contribution >= 4 is 106 Å². The van der Waals surface area contributed by atoms with Gasteiger partial charge >= 0.3 is 5.97 Å². The molecule has 0 aliphatic carbocycles. The highest BCUT2D eigenvalue weighted by atomic mass is 16.4. The first-order valence-electron chi connectivity index (χ1n) is 40.4. The van der Waals surface area contributed by atoms with Gasteiger partial charge in [0.15, 0.2) is 11.9 Å². The minimum Gasteiger partial charge on any atom is -0.508 e. The van der Waals surface area contributed by atoms with E-state index in [0.29, 0.717) is 24.0 Å². The molecule has 41 heteroatoms. The molecule has 3 aliphatic heterocycles. The number of carbonyl (C=O) groups excluding carboxylic acids is 15. The van der Waals surface area contributed by atoms with Crippen molar-refractivity contribution in [2.45, 2.75) is 255 Å². The number of primary amides is 2. The third-order valence-electron chi connectivity index (χ3n) is 20.5. The van der Waals surface area contributed by atoms with Gasteiger partial charge in [-0.05, 0) is 156 Å². The Morgan fingerprint density at radius 2 is 0.874 bits per heavy atom. The number of hydrogen-bond donors (Lipinski definition) is 21. The number of benzene rings is 2. The number of carboxylic acid groups (broad SMARTS) is 1. The summed E-state index contributed by atoms with van der Waals surface area (Å²) in [5, 5.41) is 59.0. The van der Waals surface area contributed by atoms with Gasteiger partial charge in [0, 0.05) is 51.9 Å². The summed E-state index contributed by atoms with van der Waals surface area (Å²) >= 11 is 0. The van der Waals surface area contributed by atoms with Crippen molar-refractivity contribution in [2.24, 2.45) is 67.9 Å². The van der Waals surface area contributed by atoms with E-state index in [2.05, 4.69) is 68.5 Å². The van der Waals surface area contributed by atoms with Crippen LogP contribution >= 0.6 is 0 Å². The first-order chi connectivity index (χ1) is 56.3. The largest absolute Gasteiger partial charge is 0.508 e. The number of nitrogens with one attached hydrogen (secondary N) is 11. The Morgan fingerprint density at radius 1 is 0.471 bits per heavy atom. The second-order valence-electron chi connectivity index (χ2n) is 31.2. The van der Waals surface area contributed by atoms with Gasteiger partial charge in [0.1, 0.15) is 90.0 Å². The van der Waals surface area contributed by atoms with Crippen LogP contribution in [0.25, 0.3) is 0 Å². The summed E-state index contributed by atoms with van der Waals surface area (Å²) in [5.41, 5.74) is 40.5. The first-order valence-corrected chi connectivity index (χ1v) is 40.4. The fourth-order valence-corrected chi connectivity index (χ4v) is 14.0. The predicted molar refractivity (Wildman–Crippen MR) is 435 cm³/mol. The topological polar surface area (TPSA) is 679 Å². The van der Waals surface area contributed by atoms with E-state index in [1.807, 2.05) is 0 Å². The summed E-state index contributed by atoms with van der Waals surface area (Å²) < 4.78 is 0. The molecule has 41 nitrogen and oxygen atoms in total. The fraction of sp³-hybridized carbons (Fsp3) is 0.615. The molecule has 3 heterocycles. The van der Waals surface area contributed by atoms with Crippen molar-refractivity contribution in [3.05, 3.63) is 59.7 Å². The smallest absolute Gasteiger partial charge is 0.326 e. The normalized spacial score (nSPS) is 17.8. The van der Waals surface area contributed by atoms with Crippen LogP contribution in [0.4, 0.5) is 0 Å². The molecule has 3 saturated heterocycles. The highest BCUT2D eigenvalue weighted by molar-refractivity contribution is 6.01. The molecule has 658 valence electrons. The summed E-state index contributed by atoms with van der Waals surface area (Å²) in [4.78, 5) is 234. The number of carbonyl (C=O) groups is 16. The van der Waals surface area contributed by atoms with Gasteiger partial charge in [-0.2, -0.15) is 0 Å². The van der Waals surface area contributed by atoms with Crippen molar-refractivity contribution in [2.75, 3.05) is 32.7 Å². The highest BCUT2D eigenvalue weighted by Gasteiger charge is 2.44. The number of aromatic hydroxyl groups is 2. The average Bonchev–Trinajstić information content (AvgIpc) is 1.76. The molecule has 15 amide bonds.